The van der Waals surface area contributed by atoms with Gasteiger partial charge in [0.05, 0.1) is 5.92 Å². The van der Waals surface area contributed by atoms with Crippen molar-refractivity contribution in [1.82, 2.24) is 0 Å². The zero-order valence-electron chi connectivity index (χ0n) is 20.0. The molecule has 196 valence electrons. The van der Waals surface area contributed by atoms with Crippen molar-refractivity contribution >= 4 is 14.0 Å². The molecule has 1 aliphatic heterocycles. The van der Waals surface area contributed by atoms with Gasteiger partial charge in [0.25, 0.3) is 0 Å². The molecule has 4 saturated carbocycles. The van der Waals surface area contributed by atoms with E-state index in [4.69, 9.17) is 4.74 Å². The fraction of sp³-hybridized carbons (Fsp3) is 0.957. The molecule has 1 saturated heterocycles. The summed E-state index contributed by atoms with van der Waals surface area (Å²) in [5.41, 5.74) is 0. The van der Waals surface area contributed by atoms with Gasteiger partial charge in [-0.05, 0) is 67.6 Å². The third kappa shape index (κ3) is 4.66. The Morgan fingerprint density at radius 2 is 1.62 bits per heavy atom. The Labute approximate surface area is 197 Å². The van der Waals surface area contributed by atoms with Crippen molar-refractivity contribution in [3.05, 3.63) is 0 Å². The van der Waals surface area contributed by atoms with E-state index in [1.54, 1.807) is 0 Å². The van der Waals surface area contributed by atoms with Crippen LogP contribution in [0, 0.1) is 41.4 Å². The highest BCUT2D eigenvalue weighted by atomic mass is 28.3. The van der Waals surface area contributed by atoms with Gasteiger partial charge in [-0.1, -0.05) is 26.2 Å². The van der Waals surface area contributed by atoms with Crippen LogP contribution in [0.1, 0.15) is 32.1 Å². The third-order valence-corrected chi connectivity index (χ3v) is 8.03. The number of rotatable bonds is 3. The molecule has 5 aliphatic rings. The normalized spacial score (nSPS) is 44.4. The Balaban J connectivity index is 0.000000499. The lowest BCUT2D eigenvalue weighted by Crippen LogP contribution is -2.67. The number of esters is 1. The molecule has 0 aromatic rings. The summed E-state index contributed by atoms with van der Waals surface area (Å²) < 4.78 is 79.6. The van der Waals surface area contributed by atoms with Gasteiger partial charge >= 0.3 is 23.9 Å². The van der Waals surface area contributed by atoms with Crippen LogP contribution in [-0.4, -0.2) is 56.5 Å². The molecule has 1 heterocycles. The predicted molar refractivity (Wildman–Crippen MR) is 114 cm³/mol. The van der Waals surface area contributed by atoms with Gasteiger partial charge in [0, 0.05) is 8.07 Å². The average molecular weight is 515 g/mol. The maximum Gasteiger partial charge on any atom is 0.449 e. The van der Waals surface area contributed by atoms with Crippen LogP contribution in [-0.2, 0) is 19.0 Å². The van der Waals surface area contributed by atoms with Crippen LogP contribution in [0.4, 0.5) is 22.0 Å². The highest BCUT2D eigenvalue weighted by Crippen LogP contribution is 2.68. The molecule has 4 bridgehead atoms. The zero-order chi connectivity index (χ0) is 25.3. The molecule has 0 spiro atoms. The van der Waals surface area contributed by atoms with Crippen molar-refractivity contribution in [2.24, 2.45) is 41.4 Å². The maximum absolute atomic E-state index is 13.5. The van der Waals surface area contributed by atoms with Crippen LogP contribution in [0.25, 0.3) is 0 Å². The van der Waals surface area contributed by atoms with E-state index in [9.17, 15) is 31.9 Å². The summed E-state index contributed by atoms with van der Waals surface area (Å²) in [6.07, 6.45) is -2.25. The van der Waals surface area contributed by atoms with Gasteiger partial charge in [0.2, 0.25) is 0 Å². The van der Waals surface area contributed by atoms with Crippen LogP contribution < -0.4 is 0 Å². The van der Waals surface area contributed by atoms with E-state index in [1.807, 2.05) is 0 Å². The van der Waals surface area contributed by atoms with Crippen LogP contribution in [0.15, 0.2) is 0 Å². The molecule has 34 heavy (non-hydrogen) atoms. The summed E-state index contributed by atoms with van der Waals surface area (Å²) in [6.45, 7) is 6.84. The van der Waals surface area contributed by atoms with E-state index in [1.165, 1.54) is 19.3 Å². The zero-order valence-corrected chi connectivity index (χ0v) is 21.0. The first-order valence-corrected chi connectivity index (χ1v) is 16.1. The number of halogens is 5. The monoisotopic (exact) mass is 514 g/mol. The molecule has 9 atom stereocenters. The molecule has 11 heteroatoms. The Bertz CT molecular complexity index is 781. The van der Waals surface area contributed by atoms with E-state index >= 15 is 0 Å². The lowest BCUT2D eigenvalue weighted by atomic mass is 9.67. The molecule has 0 aromatic heterocycles. The van der Waals surface area contributed by atoms with Crippen molar-refractivity contribution in [1.29, 1.82) is 0 Å². The van der Waals surface area contributed by atoms with Crippen LogP contribution in [0.5, 0.6) is 0 Å². The van der Waals surface area contributed by atoms with Gasteiger partial charge in [0.15, 0.2) is 6.29 Å². The lowest BCUT2D eigenvalue weighted by Gasteiger charge is -2.42. The lowest BCUT2D eigenvalue weighted by molar-refractivity contribution is -0.490. The Kier molecular flexibility index (Phi) is 6.69. The fourth-order valence-corrected chi connectivity index (χ4v) is 7.06. The first kappa shape index (κ1) is 26.3. The molecular formula is C23H35F5O5Si. The predicted octanol–water partition coefficient (Wildman–Crippen LogP) is 5.06. The second-order valence-corrected chi connectivity index (χ2v) is 18.3. The molecule has 0 aromatic carbocycles. The summed E-state index contributed by atoms with van der Waals surface area (Å²) in [7, 11) is -0.611. The number of alkyl halides is 5. The van der Waals surface area contributed by atoms with Gasteiger partial charge in [0.1, 0.15) is 13.2 Å². The van der Waals surface area contributed by atoms with Crippen LogP contribution in [0.2, 0.25) is 26.2 Å². The topological polar surface area (TPSA) is 65.0 Å². The van der Waals surface area contributed by atoms with Gasteiger partial charge < -0.3 is 19.3 Å². The van der Waals surface area contributed by atoms with Gasteiger partial charge in [-0.3, -0.25) is 4.79 Å². The van der Waals surface area contributed by atoms with Gasteiger partial charge in [-0.25, -0.2) is 0 Å². The van der Waals surface area contributed by atoms with E-state index < -0.39 is 51.4 Å². The van der Waals surface area contributed by atoms with Crippen molar-refractivity contribution < 1.29 is 46.1 Å². The highest BCUT2D eigenvalue weighted by Gasteiger charge is 2.74. The van der Waals surface area contributed by atoms with Gasteiger partial charge in [-0.2, -0.15) is 22.0 Å². The maximum atomic E-state index is 13.5. The van der Waals surface area contributed by atoms with Crippen molar-refractivity contribution in [2.75, 3.05) is 13.2 Å². The number of carbonyl (C=O) groups is 1. The van der Waals surface area contributed by atoms with Crippen LogP contribution in [0.3, 0.4) is 0 Å². The standard InChI is InChI=1S/C19H23F5O5.C4H12Si/c20-17(21)7-28-13(29-18(17,26)19(22,23)24)6-27-16(25)12-5-10-4-11(12)15-9-2-1-8(3-9)14(10)15;1-5(2,3)4/h8-15,26H,1-7H2;1-4H3. The Morgan fingerprint density at radius 3 is 2.21 bits per heavy atom. The number of ether oxygens (including phenoxy) is 3. The van der Waals surface area contributed by atoms with E-state index in [-0.39, 0.29) is 11.8 Å². The van der Waals surface area contributed by atoms with Crippen LogP contribution >= 0.6 is 0 Å². The average Bonchev–Trinajstić information content (AvgIpc) is 3.45. The minimum Gasteiger partial charge on any atom is -0.460 e. The third-order valence-electron chi connectivity index (χ3n) is 8.03. The second-order valence-electron chi connectivity index (χ2n) is 12.3. The molecule has 9 unspecified atom stereocenters. The molecule has 4 aliphatic carbocycles. The summed E-state index contributed by atoms with van der Waals surface area (Å²) in [6, 6.07) is 0. The molecule has 0 amide bonds. The minimum absolute atomic E-state index is 0.234. The largest absolute Gasteiger partial charge is 0.460 e. The summed E-state index contributed by atoms with van der Waals surface area (Å²) in [5, 5.41) is 9.41. The molecule has 5 fully saturated rings. The summed E-state index contributed by atoms with van der Waals surface area (Å²) >= 11 is 0. The number of aliphatic hydroxyl groups is 1. The van der Waals surface area contributed by atoms with E-state index in [0.717, 1.165) is 12.3 Å². The number of carbonyl (C=O) groups excluding carboxylic acids is 1. The Hall–Kier alpha value is -0.783. The molecular weight excluding hydrogens is 479 g/mol. The number of fused-ring (bicyclic) bond motifs is 9. The second kappa shape index (κ2) is 8.66. The minimum atomic E-state index is -5.73. The van der Waals surface area contributed by atoms with Crippen molar-refractivity contribution in [2.45, 2.75) is 82.5 Å². The van der Waals surface area contributed by atoms with Crippen molar-refractivity contribution in [3.63, 3.8) is 0 Å². The van der Waals surface area contributed by atoms with Crippen molar-refractivity contribution in [3.8, 4) is 0 Å². The molecule has 0 radical (unpaired) electrons. The number of hydrogen-bond acceptors (Lipinski definition) is 5. The SMILES string of the molecule is C[Si](C)(C)C.O=C(OCC1OCC(F)(F)C(O)(C(F)(F)F)O1)C1CC2CC1C1C3CCC(C3)C21. The quantitative estimate of drug-likeness (QED) is 0.247. The van der Waals surface area contributed by atoms with Gasteiger partial charge in [-0.15, -0.1) is 0 Å². The molecule has 5 rings (SSSR count). The summed E-state index contributed by atoms with van der Waals surface area (Å²) in [5.74, 6) is -6.84. The molecule has 5 nitrogen and oxygen atoms in total. The smallest absolute Gasteiger partial charge is 0.449 e. The van der Waals surface area contributed by atoms with E-state index in [2.05, 4.69) is 35.7 Å². The Morgan fingerprint density at radius 1 is 1.03 bits per heavy atom. The summed E-state index contributed by atoms with van der Waals surface area (Å²) in [4.78, 5) is 12.6. The first-order valence-electron chi connectivity index (χ1n) is 12.1. The fourth-order valence-electron chi connectivity index (χ4n) is 7.06. The molecule has 1 N–H and O–H groups in total. The number of hydrogen-bond donors (Lipinski definition) is 1. The van der Waals surface area contributed by atoms with E-state index in [0.29, 0.717) is 30.1 Å². The first-order chi connectivity index (χ1) is 15.5. The highest BCUT2D eigenvalue weighted by molar-refractivity contribution is 6.74.